The summed E-state index contributed by atoms with van der Waals surface area (Å²) < 4.78 is 27.4. The number of benzene rings is 2. The Morgan fingerprint density at radius 3 is 2.32 bits per heavy atom. The van der Waals surface area contributed by atoms with E-state index in [1.165, 1.54) is 32.4 Å². The lowest BCUT2D eigenvalue weighted by Crippen LogP contribution is -2.57. The number of aryl methyl sites for hydroxylation is 1. The molecule has 1 fully saturated rings. The van der Waals surface area contributed by atoms with E-state index in [1.54, 1.807) is 19.1 Å². The maximum atomic E-state index is 10.8. The summed E-state index contributed by atoms with van der Waals surface area (Å²) in [5.41, 5.74) is 1.30. The third-order valence-electron chi connectivity index (χ3n) is 6.28. The smallest absolute Gasteiger partial charge is 0.186 e. The summed E-state index contributed by atoms with van der Waals surface area (Å²) in [4.78, 5) is 0. The van der Waals surface area contributed by atoms with Gasteiger partial charge in [0.25, 0.3) is 0 Å². The molecule has 0 aromatic heterocycles. The van der Waals surface area contributed by atoms with Gasteiger partial charge in [0.2, 0.25) is 0 Å². The highest BCUT2D eigenvalue weighted by Crippen LogP contribution is 2.34. The number of hydrogen-bond donors (Lipinski definition) is 6. The minimum Gasteiger partial charge on any atom is -0.504 e. The number of phenolic OH excluding ortho intramolecular Hbond substituents is 1. The molecule has 6 N–H and O–H groups in total. The normalized spacial score (nSPS) is 25.4. The lowest BCUT2D eigenvalue weighted by Gasteiger charge is -2.38. The first kappa shape index (κ1) is 28.9. The van der Waals surface area contributed by atoms with Crippen molar-refractivity contribution >= 4 is 0 Å². The van der Waals surface area contributed by atoms with Crippen LogP contribution in [-0.2, 0) is 15.9 Å². The Hall–Kier alpha value is -2.64. The van der Waals surface area contributed by atoms with Crippen LogP contribution in [0.1, 0.15) is 30.6 Å². The van der Waals surface area contributed by atoms with Crippen LogP contribution >= 0.6 is 0 Å². The summed E-state index contributed by atoms with van der Waals surface area (Å²) in [6.07, 6.45) is -6.63. The first-order valence-corrected chi connectivity index (χ1v) is 12.0. The number of aliphatic hydroxyl groups excluding tert-OH is 5. The fourth-order valence-corrected chi connectivity index (χ4v) is 4.05. The van der Waals surface area contributed by atoms with Gasteiger partial charge in [0, 0.05) is 0 Å². The van der Waals surface area contributed by atoms with E-state index >= 15 is 0 Å². The van der Waals surface area contributed by atoms with Gasteiger partial charge in [-0.05, 0) is 55.2 Å². The molecule has 1 aliphatic heterocycles. The number of aromatic hydroxyl groups is 1. The van der Waals surface area contributed by atoms with Crippen molar-refractivity contribution in [2.24, 2.45) is 0 Å². The van der Waals surface area contributed by atoms with Crippen LogP contribution in [0, 0.1) is 0 Å². The standard InChI is InChI=1S/C26H36O11/c1-14-22(29)24(31)25(32)26(36-14)35-10-4-5-15-6-9-18(20(11-15)34-3)37-21(13-27)23(30)16-7-8-17(28)19(12-16)33-2/h6-9,11-12,14,21-32H,4-5,10,13H2,1-3H3/t14-,21+,22-,23-,24+,25+,26+/m1/s1. The number of methoxy groups -OCH3 is 2. The number of aliphatic hydroxyl groups is 5. The molecule has 2 aromatic rings. The van der Waals surface area contributed by atoms with Gasteiger partial charge in [-0.3, -0.25) is 0 Å². The summed E-state index contributed by atoms with van der Waals surface area (Å²) in [6, 6.07) is 9.63. The minimum absolute atomic E-state index is 0.0732. The Morgan fingerprint density at radius 1 is 0.919 bits per heavy atom. The number of ether oxygens (including phenoxy) is 5. The average molecular weight is 525 g/mol. The molecular formula is C26H36O11. The maximum absolute atomic E-state index is 10.8. The Labute approximate surface area is 215 Å². The average Bonchev–Trinajstić information content (AvgIpc) is 2.91. The summed E-state index contributed by atoms with van der Waals surface area (Å²) in [6.45, 7) is 1.35. The van der Waals surface area contributed by atoms with Gasteiger partial charge >= 0.3 is 0 Å². The largest absolute Gasteiger partial charge is 0.504 e. The molecule has 37 heavy (non-hydrogen) atoms. The molecule has 7 atom stereocenters. The predicted octanol–water partition coefficient (Wildman–Crippen LogP) is 0.659. The zero-order valence-electron chi connectivity index (χ0n) is 21.1. The van der Waals surface area contributed by atoms with Gasteiger partial charge < -0.3 is 54.3 Å². The van der Waals surface area contributed by atoms with Crippen LogP contribution < -0.4 is 14.2 Å². The molecule has 3 rings (SSSR count). The summed E-state index contributed by atoms with van der Waals surface area (Å²) in [7, 11) is 2.88. The van der Waals surface area contributed by atoms with Crippen LogP contribution in [0.25, 0.3) is 0 Å². The first-order chi connectivity index (χ1) is 17.7. The van der Waals surface area contributed by atoms with Crippen LogP contribution in [0.3, 0.4) is 0 Å². The van der Waals surface area contributed by atoms with Crippen molar-refractivity contribution in [2.75, 3.05) is 27.4 Å². The number of phenols is 1. The minimum atomic E-state index is -1.35. The van der Waals surface area contributed by atoms with Crippen LogP contribution in [0.4, 0.5) is 0 Å². The molecule has 11 heteroatoms. The van der Waals surface area contributed by atoms with E-state index in [0.717, 1.165) is 5.56 Å². The van der Waals surface area contributed by atoms with Gasteiger partial charge in [0.05, 0.1) is 33.5 Å². The van der Waals surface area contributed by atoms with Crippen molar-refractivity contribution in [1.82, 2.24) is 0 Å². The monoisotopic (exact) mass is 524 g/mol. The van der Waals surface area contributed by atoms with Gasteiger partial charge in [-0.25, -0.2) is 0 Å². The SMILES string of the molecule is COc1cc([C@@H](O)[C@H](CO)Oc2ccc(CCCO[C@H]3O[C@H](C)[C@@H](O)[C@H](O)[C@@H]3O)cc2OC)ccc1O. The Bertz CT molecular complexity index is 1000. The molecule has 1 heterocycles. The highest BCUT2D eigenvalue weighted by atomic mass is 16.7. The lowest BCUT2D eigenvalue weighted by atomic mass is 10.00. The van der Waals surface area contributed by atoms with Crippen molar-refractivity contribution in [1.29, 1.82) is 0 Å². The van der Waals surface area contributed by atoms with Crippen LogP contribution in [0.2, 0.25) is 0 Å². The van der Waals surface area contributed by atoms with E-state index in [0.29, 0.717) is 29.9 Å². The van der Waals surface area contributed by atoms with Crippen LogP contribution in [0.15, 0.2) is 36.4 Å². The number of hydrogen-bond acceptors (Lipinski definition) is 11. The summed E-state index contributed by atoms with van der Waals surface area (Å²) >= 11 is 0. The molecule has 0 saturated carbocycles. The molecule has 0 spiro atoms. The van der Waals surface area contributed by atoms with Crippen molar-refractivity contribution in [3.8, 4) is 23.0 Å². The predicted molar refractivity (Wildman–Crippen MR) is 131 cm³/mol. The second-order valence-electron chi connectivity index (χ2n) is 8.86. The number of rotatable bonds is 12. The topological polar surface area (TPSA) is 168 Å². The van der Waals surface area contributed by atoms with Gasteiger partial charge in [0.15, 0.2) is 35.4 Å². The van der Waals surface area contributed by atoms with Gasteiger partial charge in [-0.2, -0.15) is 0 Å². The molecule has 206 valence electrons. The fraction of sp³-hybridized carbons (Fsp3) is 0.538. The van der Waals surface area contributed by atoms with Crippen molar-refractivity contribution in [2.45, 2.75) is 62.7 Å². The quantitative estimate of drug-likeness (QED) is 0.216. The Kier molecular flexibility index (Phi) is 10.4. The summed E-state index contributed by atoms with van der Waals surface area (Å²) in [5.74, 6) is 0.846. The van der Waals surface area contributed by atoms with Gasteiger partial charge in [-0.15, -0.1) is 0 Å². The zero-order chi connectivity index (χ0) is 27.1. The Morgan fingerprint density at radius 2 is 1.65 bits per heavy atom. The third-order valence-corrected chi connectivity index (χ3v) is 6.28. The molecule has 0 unspecified atom stereocenters. The molecule has 2 aromatic carbocycles. The molecule has 0 radical (unpaired) electrons. The van der Waals surface area contributed by atoms with Gasteiger partial charge in [0.1, 0.15) is 24.4 Å². The first-order valence-electron chi connectivity index (χ1n) is 12.0. The van der Waals surface area contributed by atoms with E-state index in [2.05, 4.69) is 0 Å². The molecule has 0 bridgehead atoms. The highest BCUT2D eigenvalue weighted by molar-refractivity contribution is 5.44. The molecule has 0 aliphatic carbocycles. The van der Waals surface area contributed by atoms with Crippen LogP contribution in [-0.4, -0.2) is 94.9 Å². The highest BCUT2D eigenvalue weighted by Gasteiger charge is 2.42. The van der Waals surface area contributed by atoms with Crippen molar-refractivity contribution < 1.29 is 54.3 Å². The van der Waals surface area contributed by atoms with Crippen molar-refractivity contribution in [3.05, 3.63) is 47.5 Å². The maximum Gasteiger partial charge on any atom is 0.186 e. The van der Waals surface area contributed by atoms with E-state index in [9.17, 15) is 30.6 Å². The fourth-order valence-electron chi connectivity index (χ4n) is 4.05. The van der Waals surface area contributed by atoms with Crippen molar-refractivity contribution in [3.63, 3.8) is 0 Å². The molecular weight excluding hydrogens is 488 g/mol. The molecule has 0 amide bonds. The van der Waals surface area contributed by atoms with Crippen LogP contribution in [0.5, 0.6) is 23.0 Å². The third kappa shape index (κ3) is 7.02. The van der Waals surface area contributed by atoms with E-state index < -0.39 is 49.5 Å². The second kappa shape index (κ2) is 13.2. The van der Waals surface area contributed by atoms with E-state index in [4.69, 9.17) is 23.7 Å². The van der Waals surface area contributed by atoms with Gasteiger partial charge in [-0.1, -0.05) is 12.1 Å². The van der Waals surface area contributed by atoms with E-state index in [-0.39, 0.29) is 18.1 Å². The Balaban J connectivity index is 1.58. The summed E-state index contributed by atoms with van der Waals surface area (Å²) in [5, 5.41) is 60.1. The molecule has 1 aliphatic rings. The zero-order valence-corrected chi connectivity index (χ0v) is 21.1. The second-order valence-corrected chi connectivity index (χ2v) is 8.86. The molecule has 1 saturated heterocycles. The molecule has 11 nitrogen and oxygen atoms in total. The van der Waals surface area contributed by atoms with E-state index in [1.807, 2.05) is 6.07 Å². The lowest BCUT2D eigenvalue weighted by molar-refractivity contribution is -0.293.